The number of carbonyl (C=O) groups is 1. The number of fused-ring (bicyclic) bond motifs is 1. The molecule has 3 heterocycles. The summed E-state index contributed by atoms with van der Waals surface area (Å²) in [6.07, 6.45) is -0.0173. The van der Waals surface area contributed by atoms with E-state index in [1.807, 2.05) is 6.92 Å². The molecule has 202 valence electrons. The summed E-state index contributed by atoms with van der Waals surface area (Å²) in [4.78, 5) is 36.8. The minimum absolute atomic E-state index is 0.0881. The number of nitrogens with zero attached hydrogens (tertiary/aromatic N) is 3. The third-order valence-corrected chi connectivity index (χ3v) is 16.9. The van der Waals surface area contributed by atoms with Crippen molar-refractivity contribution in [3.63, 3.8) is 0 Å². The fourth-order valence-electron chi connectivity index (χ4n) is 3.69. The third-order valence-electron chi connectivity index (χ3n) is 7.91. The van der Waals surface area contributed by atoms with E-state index in [-0.39, 0.29) is 27.1 Å². The average Bonchev–Trinajstić information content (AvgIpc) is 3.29. The van der Waals surface area contributed by atoms with Gasteiger partial charge in [-0.05, 0) is 43.2 Å². The van der Waals surface area contributed by atoms with Crippen LogP contribution in [0.3, 0.4) is 0 Å². The summed E-state index contributed by atoms with van der Waals surface area (Å²) in [6.45, 7) is 24.0. The van der Waals surface area contributed by atoms with E-state index in [0.717, 1.165) is 0 Å². The first-order valence-electron chi connectivity index (χ1n) is 12.6. The van der Waals surface area contributed by atoms with Crippen LogP contribution in [0, 0.1) is 0 Å². The van der Waals surface area contributed by atoms with Gasteiger partial charge in [-0.25, -0.2) is 9.97 Å². The van der Waals surface area contributed by atoms with Crippen molar-refractivity contribution in [3.05, 3.63) is 23.0 Å². The molecule has 1 saturated heterocycles. The summed E-state index contributed by atoms with van der Waals surface area (Å²) >= 11 is 0. The standard InChI is InChI=1S/C24H43N5O5Si2/c1-12-25-21(31)17-16(33-35(8,9)23(2,3)4)18(34-36(10,11)24(5,6)7)22(32-17)29-14-28-15-19(29)26-13-27-20(15)30/h13-14,16-18,22H,12H2,1-11H3,(H,25,31)(H,26,27,30)/t16-,17+,18-,22-/m1/s1. The molecule has 0 spiro atoms. The number of imidazole rings is 1. The molecule has 0 unspecified atom stereocenters. The van der Waals surface area contributed by atoms with Crippen molar-refractivity contribution in [2.45, 2.75) is 109 Å². The number of hydrogen-bond donors (Lipinski definition) is 2. The summed E-state index contributed by atoms with van der Waals surface area (Å²) < 4.78 is 22.0. The summed E-state index contributed by atoms with van der Waals surface area (Å²) in [6, 6.07) is 0. The lowest BCUT2D eigenvalue weighted by Gasteiger charge is -2.44. The van der Waals surface area contributed by atoms with Crippen LogP contribution < -0.4 is 10.9 Å². The molecule has 0 bridgehead atoms. The fourth-order valence-corrected chi connectivity index (χ4v) is 6.26. The van der Waals surface area contributed by atoms with Crippen LogP contribution in [0.15, 0.2) is 17.4 Å². The molecular weight excluding hydrogens is 494 g/mol. The Labute approximate surface area is 215 Å². The van der Waals surface area contributed by atoms with Gasteiger partial charge in [-0.15, -0.1) is 0 Å². The number of amides is 1. The second kappa shape index (κ2) is 9.78. The van der Waals surface area contributed by atoms with Gasteiger partial charge >= 0.3 is 0 Å². The maximum atomic E-state index is 13.3. The van der Waals surface area contributed by atoms with Gasteiger partial charge in [0.15, 0.2) is 40.1 Å². The van der Waals surface area contributed by atoms with Crippen molar-refractivity contribution in [1.82, 2.24) is 24.8 Å². The van der Waals surface area contributed by atoms with E-state index < -0.39 is 41.2 Å². The zero-order valence-electron chi connectivity index (χ0n) is 23.6. The largest absolute Gasteiger partial charge is 0.408 e. The van der Waals surface area contributed by atoms with Crippen LogP contribution in [0.1, 0.15) is 54.7 Å². The van der Waals surface area contributed by atoms with Crippen molar-refractivity contribution < 1.29 is 18.4 Å². The topological polar surface area (TPSA) is 120 Å². The van der Waals surface area contributed by atoms with Crippen LogP contribution >= 0.6 is 0 Å². The van der Waals surface area contributed by atoms with Gasteiger partial charge in [0.25, 0.3) is 11.5 Å². The van der Waals surface area contributed by atoms with Crippen LogP contribution in [-0.2, 0) is 18.4 Å². The van der Waals surface area contributed by atoms with Crippen LogP contribution in [0.5, 0.6) is 0 Å². The number of carbonyl (C=O) groups excluding carboxylic acids is 1. The zero-order valence-corrected chi connectivity index (χ0v) is 25.6. The van der Waals surface area contributed by atoms with Crippen molar-refractivity contribution in [2.24, 2.45) is 0 Å². The predicted molar refractivity (Wildman–Crippen MR) is 145 cm³/mol. The molecule has 1 aliphatic rings. The van der Waals surface area contributed by atoms with E-state index in [2.05, 4.69) is 88.0 Å². The Kier molecular flexibility index (Phi) is 7.80. The molecule has 1 aliphatic heterocycles. The first-order valence-corrected chi connectivity index (χ1v) is 18.4. The van der Waals surface area contributed by atoms with E-state index in [9.17, 15) is 9.59 Å². The maximum Gasteiger partial charge on any atom is 0.278 e. The molecule has 0 aliphatic carbocycles. The van der Waals surface area contributed by atoms with Crippen molar-refractivity contribution in [2.75, 3.05) is 6.54 Å². The van der Waals surface area contributed by atoms with E-state index in [4.69, 9.17) is 13.6 Å². The first kappa shape index (κ1) is 28.7. The average molecular weight is 538 g/mol. The highest BCUT2D eigenvalue weighted by Crippen LogP contribution is 2.46. The number of hydrogen-bond acceptors (Lipinski definition) is 7. The fraction of sp³-hybridized carbons (Fsp3) is 0.750. The van der Waals surface area contributed by atoms with Gasteiger partial charge in [0.05, 0.1) is 12.7 Å². The van der Waals surface area contributed by atoms with Crippen LogP contribution in [-0.4, -0.2) is 66.9 Å². The van der Waals surface area contributed by atoms with Gasteiger partial charge in [-0.2, -0.15) is 0 Å². The second-order valence-electron chi connectivity index (χ2n) is 12.6. The summed E-state index contributed by atoms with van der Waals surface area (Å²) in [5.74, 6) is -0.247. The van der Waals surface area contributed by atoms with Crippen molar-refractivity contribution in [3.8, 4) is 0 Å². The Hall–Kier alpha value is -1.87. The summed E-state index contributed by atoms with van der Waals surface area (Å²) in [7, 11) is -4.69. The summed E-state index contributed by atoms with van der Waals surface area (Å²) in [5, 5.41) is 2.72. The highest BCUT2D eigenvalue weighted by molar-refractivity contribution is 6.74. The Balaban J connectivity index is 2.18. The second-order valence-corrected chi connectivity index (χ2v) is 22.1. The van der Waals surface area contributed by atoms with Crippen LogP contribution in [0.25, 0.3) is 11.2 Å². The number of rotatable bonds is 7. The van der Waals surface area contributed by atoms with Gasteiger partial charge in [0.1, 0.15) is 12.2 Å². The molecule has 12 heteroatoms. The van der Waals surface area contributed by atoms with E-state index in [1.165, 1.54) is 12.7 Å². The zero-order chi connectivity index (χ0) is 27.3. The first-order chi connectivity index (χ1) is 16.4. The number of likely N-dealkylation sites (N-methyl/N-ethyl adjacent to an activating group) is 1. The molecule has 2 N–H and O–H groups in total. The monoisotopic (exact) mass is 537 g/mol. The highest BCUT2D eigenvalue weighted by atomic mass is 28.4. The number of ether oxygens (including phenoxy) is 1. The van der Waals surface area contributed by atoms with E-state index in [0.29, 0.717) is 12.2 Å². The molecule has 0 saturated carbocycles. The third kappa shape index (κ3) is 5.37. The minimum Gasteiger partial charge on any atom is -0.408 e. The highest BCUT2D eigenvalue weighted by Gasteiger charge is 2.56. The van der Waals surface area contributed by atoms with Gasteiger partial charge < -0.3 is 23.9 Å². The van der Waals surface area contributed by atoms with Gasteiger partial charge in [0, 0.05) is 6.54 Å². The maximum absolute atomic E-state index is 13.3. The van der Waals surface area contributed by atoms with E-state index >= 15 is 0 Å². The lowest BCUT2D eigenvalue weighted by atomic mass is 10.1. The molecule has 2 aromatic rings. The Morgan fingerprint density at radius 1 is 1.06 bits per heavy atom. The molecule has 0 aromatic carbocycles. The smallest absolute Gasteiger partial charge is 0.278 e. The Morgan fingerprint density at radius 3 is 2.14 bits per heavy atom. The SMILES string of the molecule is CCNC(=O)[C@H]1O[C@@H](n2cnc3c(=O)[nH]cnc32)[C@H](O[Si](C)(C)C(C)(C)C)[C@@H]1O[Si](C)(C)C(C)(C)C. The van der Waals surface area contributed by atoms with Crippen molar-refractivity contribution >= 4 is 33.7 Å². The molecule has 36 heavy (non-hydrogen) atoms. The number of aromatic nitrogens is 4. The Morgan fingerprint density at radius 2 is 1.61 bits per heavy atom. The molecule has 4 atom stereocenters. The van der Waals surface area contributed by atoms with Gasteiger partial charge in [0.2, 0.25) is 0 Å². The lowest BCUT2D eigenvalue weighted by Crippen LogP contribution is -2.55. The Bertz CT molecular complexity index is 1150. The van der Waals surface area contributed by atoms with Crippen LogP contribution in [0.2, 0.25) is 36.3 Å². The van der Waals surface area contributed by atoms with E-state index in [1.54, 1.807) is 4.57 Å². The van der Waals surface area contributed by atoms with Crippen molar-refractivity contribution in [1.29, 1.82) is 0 Å². The molecule has 0 radical (unpaired) electrons. The lowest BCUT2D eigenvalue weighted by molar-refractivity contribution is -0.137. The van der Waals surface area contributed by atoms with Gasteiger partial charge in [-0.1, -0.05) is 41.5 Å². The summed E-state index contributed by atoms with van der Waals surface area (Å²) in [5.41, 5.74) is 0.235. The predicted octanol–water partition coefficient (Wildman–Crippen LogP) is 3.93. The normalized spacial score (nSPS) is 23.9. The molecule has 10 nitrogen and oxygen atoms in total. The molecule has 1 fully saturated rings. The quantitative estimate of drug-likeness (QED) is 0.513. The molecule has 3 rings (SSSR count). The molecule has 1 amide bonds. The number of H-pyrrole nitrogens is 1. The molecular formula is C24H43N5O5Si2. The van der Waals surface area contributed by atoms with Gasteiger partial charge in [-0.3, -0.25) is 14.2 Å². The number of aromatic amines is 1. The minimum atomic E-state index is -2.35. The number of nitrogens with one attached hydrogen (secondary N) is 2. The van der Waals surface area contributed by atoms with Crippen LogP contribution in [0.4, 0.5) is 0 Å². The molecule has 2 aromatic heterocycles.